The van der Waals surface area contributed by atoms with E-state index in [1.165, 1.54) is 6.07 Å². The maximum Gasteiger partial charge on any atom is 0.323 e. The van der Waals surface area contributed by atoms with Crippen molar-refractivity contribution in [3.8, 4) is 0 Å². The van der Waals surface area contributed by atoms with Gasteiger partial charge in [0.2, 0.25) is 0 Å². The number of benzene rings is 1. The molecule has 0 radical (unpaired) electrons. The van der Waals surface area contributed by atoms with Gasteiger partial charge in [-0.1, -0.05) is 0 Å². The summed E-state index contributed by atoms with van der Waals surface area (Å²) in [6.07, 6.45) is 1.53. The number of ether oxygens (including phenoxy) is 1. The lowest BCUT2D eigenvalue weighted by molar-refractivity contribution is -0.160. The van der Waals surface area contributed by atoms with Crippen LogP contribution in [-0.4, -0.2) is 29.1 Å². The van der Waals surface area contributed by atoms with E-state index in [9.17, 15) is 13.6 Å². The molecule has 1 heterocycles. The van der Waals surface area contributed by atoms with E-state index in [-0.39, 0.29) is 24.1 Å². The maximum absolute atomic E-state index is 13.7. The van der Waals surface area contributed by atoms with Crippen LogP contribution >= 0.6 is 0 Å². The molecule has 5 heteroatoms. The van der Waals surface area contributed by atoms with Gasteiger partial charge < -0.3 is 4.74 Å². The number of esters is 1. The van der Waals surface area contributed by atoms with Crippen molar-refractivity contribution < 1.29 is 18.3 Å². The van der Waals surface area contributed by atoms with Crippen molar-refractivity contribution in [2.24, 2.45) is 0 Å². The molecular formula is C16H21F2NO2. The smallest absolute Gasteiger partial charge is 0.323 e. The van der Waals surface area contributed by atoms with Crippen LogP contribution in [0.2, 0.25) is 0 Å². The van der Waals surface area contributed by atoms with Gasteiger partial charge in [0, 0.05) is 12.1 Å². The van der Waals surface area contributed by atoms with E-state index in [1.54, 1.807) is 0 Å². The minimum atomic E-state index is -0.546. The Morgan fingerprint density at radius 1 is 1.38 bits per heavy atom. The number of halogens is 2. The molecule has 116 valence electrons. The Labute approximate surface area is 123 Å². The van der Waals surface area contributed by atoms with E-state index in [1.807, 2.05) is 25.7 Å². The highest BCUT2D eigenvalue weighted by Gasteiger charge is 2.34. The predicted molar refractivity (Wildman–Crippen MR) is 75.6 cm³/mol. The molecule has 0 aromatic heterocycles. The van der Waals surface area contributed by atoms with Crippen LogP contribution in [0.4, 0.5) is 8.78 Å². The number of hydrogen-bond acceptors (Lipinski definition) is 3. The molecule has 0 spiro atoms. The van der Waals surface area contributed by atoms with E-state index in [0.29, 0.717) is 13.0 Å². The second-order valence-corrected chi connectivity index (χ2v) is 6.40. The molecule has 0 amide bonds. The van der Waals surface area contributed by atoms with Crippen molar-refractivity contribution in [3.05, 3.63) is 35.4 Å². The van der Waals surface area contributed by atoms with Crippen LogP contribution in [-0.2, 0) is 16.1 Å². The van der Waals surface area contributed by atoms with Gasteiger partial charge >= 0.3 is 5.97 Å². The van der Waals surface area contributed by atoms with Crippen LogP contribution in [0.25, 0.3) is 0 Å². The third-order valence-corrected chi connectivity index (χ3v) is 3.42. The second-order valence-electron chi connectivity index (χ2n) is 6.40. The third-order valence-electron chi connectivity index (χ3n) is 3.42. The fraction of sp³-hybridized carbons (Fsp3) is 0.562. The Hall–Kier alpha value is -1.49. The van der Waals surface area contributed by atoms with Gasteiger partial charge in [0.25, 0.3) is 0 Å². The summed E-state index contributed by atoms with van der Waals surface area (Å²) in [7, 11) is 0. The van der Waals surface area contributed by atoms with Gasteiger partial charge in [-0.25, -0.2) is 8.78 Å². The van der Waals surface area contributed by atoms with Gasteiger partial charge in [0.05, 0.1) is 0 Å². The first kappa shape index (κ1) is 15.9. The van der Waals surface area contributed by atoms with Gasteiger partial charge in [-0.2, -0.15) is 0 Å². The summed E-state index contributed by atoms with van der Waals surface area (Å²) in [6.45, 7) is 6.34. The fourth-order valence-electron chi connectivity index (χ4n) is 2.54. The highest BCUT2D eigenvalue weighted by atomic mass is 19.1. The number of likely N-dealkylation sites (tertiary alicyclic amines) is 1. The van der Waals surface area contributed by atoms with Crippen molar-refractivity contribution in [1.29, 1.82) is 0 Å². The molecule has 1 saturated heterocycles. The van der Waals surface area contributed by atoms with Gasteiger partial charge in [0.15, 0.2) is 0 Å². The zero-order valence-electron chi connectivity index (χ0n) is 12.7. The van der Waals surface area contributed by atoms with Crippen molar-refractivity contribution in [3.63, 3.8) is 0 Å². The molecule has 21 heavy (non-hydrogen) atoms. The number of rotatable bonds is 3. The lowest BCUT2D eigenvalue weighted by Gasteiger charge is -2.27. The molecule has 0 bridgehead atoms. The number of carbonyl (C=O) groups excluding carboxylic acids is 1. The normalized spacial score (nSPS) is 19.8. The Kier molecular flexibility index (Phi) is 4.61. The molecule has 0 saturated carbocycles. The standard InChI is InChI=1S/C16H21F2NO2/c1-16(2,3)21-15(20)14-5-4-8-19(14)10-11-9-12(17)6-7-13(11)18/h6-7,9,14H,4-5,8,10H2,1-3H3/t14-/m0/s1. The summed E-state index contributed by atoms with van der Waals surface area (Å²) in [5.41, 5.74) is -0.277. The molecular weight excluding hydrogens is 276 g/mol. The van der Waals surface area contributed by atoms with Crippen LogP contribution < -0.4 is 0 Å². The molecule has 1 aliphatic heterocycles. The molecule has 0 N–H and O–H groups in total. The number of nitrogens with zero attached hydrogens (tertiary/aromatic N) is 1. The largest absolute Gasteiger partial charge is 0.459 e. The average Bonchev–Trinajstić information content (AvgIpc) is 2.80. The van der Waals surface area contributed by atoms with Crippen LogP contribution in [0.1, 0.15) is 39.2 Å². The van der Waals surface area contributed by atoms with Gasteiger partial charge in [-0.15, -0.1) is 0 Å². The molecule has 2 rings (SSSR count). The predicted octanol–water partition coefficient (Wildman–Crippen LogP) is 3.27. The zero-order valence-corrected chi connectivity index (χ0v) is 12.7. The Bertz CT molecular complexity index is 525. The van der Waals surface area contributed by atoms with Crippen LogP contribution in [0, 0.1) is 11.6 Å². The van der Waals surface area contributed by atoms with E-state index in [2.05, 4.69) is 0 Å². The van der Waals surface area contributed by atoms with Crippen LogP contribution in [0.5, 0.6) is 0 Å². The second kappa shape index (κ2) is 6.10. The van der Waals surface area contributed by atoms with Crippen LogP contribution in [0.15, 0.2) is 18.2 Å². The molecule has 1 fully saturated rings. The van der Waals surface area contributed by atoms with E-state index in [0.717, 1.165) is 18.6 Å². The summed E-state index contributed by atoms with van der Waals surface area (Å²) in [4.78, 5) is 14.0. The number of carbonyl (C=O) groups is 1. The minimum Gasteiger partial charge on any atom is -0.459 e. The fourth-order valence-corrected chi connectivity index (χ4v) is 2.54. The Morgan fingerprint density at radius 2 is 2.10 bits per heavy atom. The Morgan fingerprint density at radius 3 is 2.76 bits per heavy atom. The first-order valence-corrected chi connectivity index (χ1v) is 7.17. The van der Waals surface area contributed by atoms with E-state index < -0.39 is 17.2 Å². The summed E-state index contributed by atoms with van der Waals surface area (Å²) < 4.78 is 32.3. The molecule has 0 unspecified atom stereocenters. The Balaban J connectivity index is 2.08. The minimum absolute atomic E-state index is 0.216. The molecule has 3 nitrogen and oxygen atoms in total. The third kappa shape index (κ3) is 4.24. The first-order valence-electron chi connectivity index (χ1n) is 7.17. The molecule has 1 aromatic carbocycles. The van der Waals surface area contributed by atoms with Crippen molar-refractivity contribution >= 4 is 5.97 Å². The van der Waals surface area contributed by atoms with Crippen molar-refractivity contribution in [1.82, 2.24) is 4.90 Å². The SMILES string of the molecule is CC(C)(C)OC(=O)[C@@H]1CCCN1Cc1cc(F)ccc1F. The maximum atomic E-state index is 13.7. The van der Waals surface area contributed by atoms with Gasteiger partial charge in [-0.05, 0) is 58.4 Å². The molecule has 1 aromatic rings. The summed E-state index contributed by atoms with van der Waals surface area (Å²) in [5.74, 6) is -1.22. The zero-order chi connectivity index (χ0) is 15.6. The summed E-state index contributed by atoms with van der Waals surface area (Å²) >= 11 is 0. The average molecular weight is 297 g/mol. The highest BCUT2D eigenvalue weighted by molar-refractivity contribution is 5.76. The molecule has 1 aliphatic rings. The first-order chi connectivity index (χ1) is 9.76. The molecule has 1 atom stereocenters. The molecule has 0 aliphatic carbocycles. The van der Waals surface area contributed by atoms with Crippen molar-refractivity contribution in [2.45, 2.75) is 51.8 Å². The van der Waals surface area contributed by atoms with Gasteiger partial charge in [0.1, 0.15) is 23.3 Å². The summed E-state index contributed by atoms with van der Waals surface area (Å²) in [6, 6.07) is 3.00. The van der Waals surface area contributed by atoms with Crippen LogP contribution in [0.3, 0.4) is 0 Å². The number of hydrogen-bond donors (Lipinski definition) is 0. The lowest BCUT2D eigenvalue weighted by Crippen LogP contribution is -2.40. The van der Waals surface area contributed by atoms with E-state index >= 15 is 0 Å². The quantitative estimate of drug-likeness (QED) is 0.802. The monoisotopic (exact) mass is 297 g/mol. The van der Waals surface area contributed by atoms with Crippen molar-refractivity contribution in [2.75, 3.05) is 6.54 Å². The summed E-state index contributed by atoms with van der Waals surface area (Å²) in [5, 5.41) is 0. The highest BCUT2D eigenvalue weighted by Crippen LogP contribution is 2.24. The van der Waals surface area contributed by atoms with Gasteiger partial charge in [-0.3, -0.25) is 9.69 Å². The van der Waals surface area contributed by atoms with E-state index in [4.69, 9.17) is 4.74 Å². The lowest BCUT2D eigenvalue weighted by atomic mass is 10.1. The topological polar surface area (TPSA) is 29.5 Å².